The maximum atomic E-state index is 14.1. The highest BCUT2D eigenvalue weighted by Gasteiger charge is 2.34. The van der Waals surface area contributed by atoms with Crippen molar-refractivity contribution in [1.82, 2.24) is 0 Å². The fourth-order valence-electron chi connectivity index (χ4n) is 3.55. The van der Waals surface area contributed by atoms with Gasteiger partial charge in [-0.2, -0.15) is 0 Å². The fraction of sp³-hybridized carbons (Fsp3) is 0.200. The summed E-state index contributed by atoms with van der Waals surface area (Å²) >= 11 is 1.49. The summed E-state index contributed by atoms with van der Waals surface area (Å²) in [6.07, 6.45) is 0.920. The second-order valence-corrected chi connectivity index (χ2v) is 8.56. The Bertz CT molecular complexity index is 1130. The molecule has 1 aliphatic rings. The van der Waals surface area contributed by atoms with E-state index in [1.54, 1.807) is 24.0 Å². The number of carbonyl (C=O) groups excluding carboxylic acids is 2. The van der Waals surface area contributed by atoms with Crippen molar-refractivity contribution in [3.05, 3.63) is 94.8 Å². The van der Waals surface area contributed by atoms with Crippen molar-refractivity contribution in [3.8, 4) is 0 Å². The molecule has 1 atom stereocenters. The van der Waals surface area contributed by atoms with E-state index in [1.165, 1.54) is 23.4 Å². The van der Waals surface area contributed by atoms with Crippen LogP contribution in [0.5, 0.6) is 0 Å². The van der Waals surface area contributed by atoms with Gasteiger partial charge in [0.15, 0.2) is 0 Å². The first-order valence-electron chi connectivity index (χ1n) is 10.2. The zero-order valence-corrected chi connectivity index (χ0v) is 18.2. The minimum Gasteiger partial charge on any atom is -0.322 e. The number of hydrogen-bond donors (Lipinski definition) is 1. The zero-order chi connectivity index (χ0) is 22.0. The molecule has 3 aromatic rings. The molecule has 0 aliphatic carbocycles. The molecule has 1 N–H and O–H groups in total. The van der Waals surface area contributed by atoms with Crippen molar-refractivity contribution < 1.29 is 14.0 Å². The van der Waals surface area contributed by atoms with E-state index < -0.39 is 0 Å². The van der Waals surface area contributed by atoms with Gasteiger partial charge in [0.2, 0.25) is 5.91 Å². The predicted octanol–water partition coefficient (Wildman–Crippen LogP) is 5.73. The van der Waals surface area contributed by atoms with Crippen molar-refractivity contribution in [2.45, 2.75) is 25.6 Å². The van der Waals surface area contributed by atoms with Gasteiger partial charge >= 0.3 is 0 Å². The lowest BCUT2D eigenvalue weighted by molar-refractivity contribution is -0.115. The first-order chi connectivity index (χ1) is 15.0. The maximum Gasteiger partial charge on any atom is 0.255 e. The lowest BCUT2D eigenvalue weighted by atomic mass is 10.1. The molecule has 1 unspecified atom stereocenters. The fourth-order valence-corrected chi connectivity index (χ4v) is 4.71. The summed E-state index contributed by atoms with van der Waals surface area (Å²) in [4.78, 5) is 26.8. The van der Waals surface area contributed by atoms with E-state index in [0.29, 0.717) is 28.3 Å². The minimum absolute atomic E-state index is 0.0660. The number of aryl methyl sites for hydroxylation is 2. The van der Waals surface area contributed by atoms with Crippen LogP contribution in [0.4, 0.5) is 15.8 Å². The first kappa shape index (κ1) is 21.1. The van der Waals surface area contributed by atoms with E-state index in [2.05, 4.69) is 12.2 Å². The average molecular weight is 435 g/mol. The molecule has 0 aromatic heterocycles. The van der Waals surface area contributed by atoms with Crippen LogP contribution >= 0.6 is 11.8 Å². The number of amides is 2. The number of halogens is 1. The normalized spacial score (nSPS) is 15.9. The first-order valence-corrected chi connectivity index (χ1v) is 11.2. The van der Waals surface area contributed by atoms with Gasteiger partial charge in [0.25, 0.3) is 5.91 Å². The minimum atomic E-state index is -0.337. The number of nitrogens with one attached hydrogen (secondary N) is 1. The molecular formula is C25H23FN2O2S. The lowest BCUT2D eigenvalue weighted by Gasteiger charge is -2.25. The largest absolute Gasteiger partial charge is 0.322 e. The van der Waals surface area contributed by atoms with E-state index in [4.69, 9.17) is 0 Å². The molecule has 158 valence electrons. The maximum absolute atomic E-state index is 14.1. The van der Waals surface area contributed by atoms with Gasteiger partial charge in [-0.3, -0.25) is 14.5 Å². The van der Waals surface area contributed by atoms with Gasteiger partial charge < -0.3 is 5.32 Å². The van der Waals surface area contributed by atoms with E-state index in [1.807, 2.05) is 48.5 Å². The summed E-state index contributed by atoms with van der Waals surface area (Å²) in [7, 11) is 0. The van der Waals surface area contributed by atoms with Crippen LogP contribution in [0.1, 0.15) is 39.3 Å². The third-order valence-electron chi connectivity index (χ3n) is 5.36. The van der Waals surface area contributed by atoms with E-state index in [0.717, 1.165) is 12.0 Å². The number of carbonyl (C=O) groups is 2. The lowest BCUT2D eigenvalue weighted by Crippen LogP contribution is -2.28. The van der Waals surface area contributed by atoms with Gasteiger partial charge in [0.1, 0.15) is 11.2 Å². The Kier molecular flexibility index (Phi) is 6.09. The summed E-state index contributed by atoms with van der Waals surface area (Å²) in [6.45, 7) is 3.76. The van der Waals surface area contributed by atoms with Crippen molar-refractivity contribution >= 4 is 35.0 Å². The zero-order valence-electron chi connectivity index (χ0n) is 17.4. The van der Waals surface area contributed by atoms with Gasteiger partial charge in [-0.25, -0.2) is 4.39 Å². The molecule has 1 saturated heterocycles. The van der Waals surface area contributed by atoms with Crippen LogP contribution in [0.2, 0.25) is 0 Å². The summed E-state index contributed by atoms with van der Waals surface area (Å²) in [5.74, 6) is -0.271. The molecule has 0 spiro atoms. The predicted molar refractivity (Wildman–Crippen MR) is 124 cm³/mol. The monoisotopic (exact) mass is 434 g/mol. The van der Waals surface area contributed by atoms with Crippen LogP contribution in [-0.2, 0) is 11.2 Å². The second-order valence-electron chi connectivity index (χ2n) is 7.49. The average Bonchev–Trinajstić information content (AvgIpc) is 3.17. The van der Waals surface area contributed by atoms with Gasteiger partial charge in [0.05, 0.1) is 5.75 Å². The highest BCUT2D eigenvalue weighted by Crippen LogP contribution is 2.42. The van der Waals surface area contributed by atoms with Crippen LogP contribution in [0.25, 0.3) is 0 Å². The molecule has 6 heteroatoms. The van der Waals surface area contributed by atoms with E-state index in [-0.39, 0.29) is 23.0 Å². The standard InChI is InChI=1S/C25H23FN2O2S/c1-3-17-8-10-18(11-9-17)24(30)27-20-6-4-5-19(13-20)25-28(23(29)15-31-25)21-12-7-16(2)22(26)14-21/h4-14,25H,3,15H2,1-2H3,(H,27,30). The van der Waals surface area contributed by atoms with Crippen molar-refractivity contribution in [2.75, 3.05) is 16.0 Å². The highest BCUT2D eigenvalue weighted by atomic mass is 32.2. The Balaban J connectivity index is 1.57. The number of anilines is 2. The second kappa shape index (κ2) is 8.94. The SMILES string of the molecule is CCc1ccc(C(=O)Nc2cccc(C3SCC(=O)N3c3ccc(C)c(F)c3)c2)cc1. The summed E-state index contributed by atoms with van der Waals surface area (Å²) in [5.41, 5.74) is 4.36. The third kappa shape index (κ3) is 4.49. The van der Waals surface area contributed by atoms with Crippen molar-refractivity contribution in [3.63, 3.8) is 0 Å². The van der Waals surface area contributed by atoms with Crippen LogP contribution in [0, 0.1) is 12.7 Å². The van der Waals surface area contributed by atoms with Gasteiger partial charge in [0, 0.05) is 16.9 Å². The van der Waals surface area contributed by atoms with Crippen molar-refractivity contribution in [2.24, 2.45) is 0 Å². The summed E-state index contributed by atoms with van der Waals surface area (Å²) in [6, 6.07) is 19.8. The number of thioether (sulfide) groups is 1. The molecule has 1 heterocycles. The van der Waals surface area contributed by atoms with Crippen molar-refractivity contribution in [1.29, 1.82) is 0 Å². The van der Waals surface area contributed by atoms with Crippen LogP contribution in [0.3, 0.4) is 0 Å². The Morgan fingerprint density at radius 2 is 1.90 bits per heavy atom. The Labute approximate surface area is 185 Å². The molecule has 0 saturated carbocycles. The Morgan fingerprint density at radius 1 is 1.13 bits per heavy atom. The summed E-state index contributed by atoms with van der Waals surface area (Å²) < 4.78 is 14.1. The quantitative estimate of drug-likeness (QED) is 0.558. The number of rotatable bonds is 5. The van der Waals surface area contributed by atoms with Crippen LogP contribution < -0.4 is 10.2 Å². The third-order valence-corrected chi connectivity index (χ3v) is 6.57. The van der Waals surface area contributed by atoms with Crippen LogP contribution in [0.15, 0.2) is 66.7 Å². The Morgan fingerprint density at radius 3 is 2.61 bits per heavy atom. The molecule has 3 aromatic carbocycles. The smallest absolute Gasteiger partial charge is 0.255 e. The summed E-state index contributed by atoms with van der Waals surface area (Å²) in [5, 5.41) is 2.65. The van der Waals surface area contributed by atoms with Gasteiger partial charge in [-0.15, -0.1) is 11.8 Å². The van der Waals surface area contributed by atoms with Gasteiger partial charge in [-0.05, 0) is 66.4 Å². The molecule has 31 heavy (non-hydrogen) atoms. The van der Waals surface area contributed by atoms with Gasteiger partial charge in [-0.1, -0.05) is 37.3 Å². The van der Waals surface area contributed by atoms with E-state index >= 15 is 0 Å². The number of nitrogens with zero attached hydrogens (tertiary/aromatic N) is 1. The molecule has 0 bridgehead atoms. The number of hydrogen-bond acceptors (Lipinski definition) is 3. The molecule has 1 aliphatic heterocycles. The number of benzene rings is 3. The molecule has 4 rings (SSSR count). The van der Waals surface area contributed by atoms with E-state index in [9.17, 15) is 14.0 Å². The molecule has 1 fully saturated rings. The molecular weight excluding hydrogens is 411 g/mol. The Hall–Kier alpha value is -3.12. The molecule has 4 nitrogen and oxygen atoms in total. The molecule has 2 amide bonds. The molecule has 0 radical (unpaired) electrons. The van der Waals surface area contributed by atoms with Crippen LogP contribution in [-0.4, -0.2) is 17.6 Å². The topological polar surface area (TPSA) is 49.4 Å². The highest BCUT2D eigenvalue weighted by molar-refractivity contribution is 8.00.